The van der Waals surface area contributed by atoms with Crippen LogP contribution in [0.25, 0.3) is 39.3 Å². The number of nitrogens with zero attached hydrogens (tertiary/aromatic N) is 5. The van der Waals surface area contributed by atoms with Crippen LogP contribution in [0.3, 0.4) is 0 Å². The van der Waals surface area contributed by atoms with Crippen molar-refractivity contribution < 1.29 is 58.0 Å². The van der Waals surface area contributed by atoms with Crippen molar-refractivity contribution in [2.75, 3.05) is 27.4 Å². The minimum atomic E-state index is -1.15. The van der Waals surface area contributed by atoms with Crippen LogP contribution in [-0.2, 0) is 49.3 Å². The molecule has 18 nitrogen and oxygen atoms in total. The summed E-state index contributed by atoms with van der Waals surface area (Å²) < 4.78 is 21.5. The minimum absolute atomic E-state index is 0. The number of allylic oxidation sites excluding steroid dienone is 15. The zero-order valence-electron chi connectivity index (χ0n) is 59.9. The number of H-pyrrole nitrogens is 2. The molecule has 1 saturated heterocycles. The maximum atomic E-state index is 14.2. The molecule has 3 aromatic rings. The molecule has 3 aromatic heterocycles. The number of carbonyl (C=O) groups excluding carboxylic acids is 5. The number of methoxy groups -OCH3 is 2. The number of aliphatic hydroxyl groups excluding tert-OH is 1. The molecule has 10 heterocycles. The number of aromatic nitrogens is 4. The fourth-order valence-corrected chi connectivity index (χ4v) is 14.9. The molecule has 19 heteroatoms. The van der Waals surface area contributed by atoms with E-state index in [2.05, 4.69) is 70.0 Å². The molecule has 7 aliphatic heterocycles. The van der Waals surface area contributed by atoms with Gasteiger partial charge < -0.3 is 39.3 Å². The van der Waals surface area contributed by atoms with E-state index in [0.717, 1.165) is 153 Å². The van der Waals surface area contributed by atoms with Crippen molar-refractivity contribution in [3.8, 4) is 0 Å². The molecule has 2 aliphatic carbocycles. The summed E-state index contributed by atoms with van der Waals surface area (Å²) in [5.41, 5.74) is 26.1. The zero-order valence-corrected chi connectivity index (χ0v) is 61.3. The molecule has 6 atom stereocenters. The van der Waals surface area contributed by atoms with Crippen LogP contribution in [0.5, 0.6) is 0 Å². The summed E-state index contributed by atoms with van der Waals surface area (Å²) in [7, 11) is 2.62. The molecule has 12 rings (SSSR count). The first-order chi connectivity index (χ1) is 46.8. The van der Waals surface area contributed by atoms with Gasteiger partial charge in [0.1, 0.15) is 36.0 Å². The minimum Gasteiger partial charge on any atom is -0.657 e. The molecule has 0 spiro atoms. The van der Waals surface area contributed by atoms with Gasteiger partial charge in [-0.15, -0.1) is 22.1 Å². The van der Waals surface area contributed by atoms with E-state index in [0.29, 0.717) is 52.2 Å². The van der Waals surface area contributed by atoms with Gasteiger partial charge in [0.15, 0.2) is 23.1 Å². The Hall–Kier alpha value is -9.33. The second-order valence-corrected chi connectivity index (χ2v) is 26.8. The van der Waals surface area contributed by atoms with Gasteiger partial charge in [-0.2, -0.15) is 0 Å². The fraction of sp³-hybridized carbons (Fsp3) is 0.375. The monoisotopic (exact) mass is 1340 g/mol. The molecule has 0 radical (unpaired) electrons. The largest absolute Gasteiger partial charge is 2.00 e. The third kappa shape index (κ3) is 13.2. The van der Waals surface area contributed by atoms with E-state index in [1.807, 2.05) is 116 Å². The van der Waals surface area contributed by atoms with E-state index < -0.39 is 23.8 Å². The van der Waals surface area contributed by atoms with Gasteiger partial charge in [0, 0.05) is 58.4 Å². The number of aliphatic imine (C=N–C) groups is 3. The van der Waals surface area contributed by atoms with E-state index in [1.54, 1.807) is 0 Å². The Kier molecular flexibility index (Phi) is 21.4. The van der Waals surface area contributed by atoms with Crippen molar-refractivity contribution in [2.24, 2.45) is 32.7 Å². The first kappa shape index (κ1) is 72.4. The van der Waals surface area contributed by atoms with E-state index >= 15 is 0 Å². The number of hydrogen-bond donors (Lipinski definition) is 2. The fourth-order valence-electron chi connectivity index (χ4n) is 14.9. The summed E-state index contributed by atoms with van der Waals surface area (Å²) in [6.45, 7) is 36.9. The molecule has 6 unspecified atom stereocenters. The van der Waals surface area contributed by atoms with E-state index in [4.69, 9.17) is 43.9 Å². The summed E-state index contributed by atoms with van der Waals surface area (Å²) >= 11 is 0. The van der Waals surface area contributed by atoms with Crippen molar-refractivity contribution >= 4 is 109 Å². The van der Waals surface area contributed by atoms with Gasteiger partial charge in [0.25, 0.3) is 0 Å². The number of nitrogens with one attached hydrogen (secondary N) is 3. The summed E-state index contributed by atoms with van der Waals surface area (Å²) in [5, 5.41) is 15.4. The Labute approximate surface area is 595 Å². The average Bonchev–Trinajstić information content (AvgIpc) is 1.57. The Morgan fingerprint density at radius 3 is 1.91 bits per heavy atom. The molecular weight excluding hydrogens is 1260 g/mol. The Balaban J connectivity index is 0.000000212. The molecule has 0 saturated carbocycles. The second kappa shape index (κ2) is 29.2. The van der Waals surface area contributed by atoms with E-state index in [9.17, 15) is 29.1 Å². The average molecular weight is 1350 g/mol. The second-order valence-electron chi connectivity index (χ2n) is 26.8. The SMILES string of the molecule is C=CC1=C(C)C2=NC1=CC1=NC(=CC3=C(C)C4=C(O)C(C(=O)OC)C(=C5NC(=C2)C(C)C5CCC(=O)OCC=C(C)C)C4=N3)C(CC)=C1C.C=Cc1c(C)c2cc3[nH+]c(c4c5[nH+]c(cc6[n-]c(cc1[n-]2)c(C)c6CC)C(C)=C5C(=O)C4C(=O)OC)C(CCC(=O)OCC=C(C)C)C3C.[Mg+2]. The topological polar surface area (TPSA) is 248 Å². The number of esters is 4. The van der Waals surface area contributed by atoms with E-state index in [-0.39, 0.29) is 96.3 Å². The van der Waals surface area contributed by atoms with Gasteiger partial charge in [0.2, 0.25) is 11.4 Å². The van der Waals surface area contributed by atoms with Crippen molar-refractivity contribution in [3.63, 3.8) is 0 Å². The number of aliphatic hydroxyl groups is 1. The van der Waals surface area contributed by atoms with Crippen LogP contribution in [0.1, 0.15) is 184 Å². The van der Waals surface area contributed by atoms with Crippen LogP contribution in [0.15, 0.2) is 167 Å². The van der Waals surface area contributed by atoms with Crippen LogP contribution in [-0.4, -0.2) is 102 Å². The van der Waals surface area contributed by atoms with Crippen LogP contribution in [0.4, 0.5) is 0 Å². The molecule has 508 valence electrons. The third-order valence-corrected chi connectivity index (χ3v) is 20.6. The number of aromatic amines is 2. The maximum absolute atomic E-state index is 14.2. The number of rotatable bonds is 16. The molecule has 99 heavy (non-hydrogen) atoms. The first-order valence-corrected chi connectivity index (χ1v) is 33.8. The number of Topliss-reactive ketones (excluding diaryl/α,β-unsaturated/α-hetero) is 1. The molecule has 0 amide bonds. The van der Waals surface area contributed by atoms with Gasteiger partial charge >= 0.3 is 46.9 Å². The van der Waals surface area contributed by atoms with Gasteiger partial charge in [-0.25, -0.2) is 24.9 Å². The zero-order chi connectivity index (χ0) is 70.6. The van der Waals surface area contributed by atoms with Gasteiger partial charge in [-0.1, -0.05) is 86.9 Å². The number of carbonyl (C=O) groups is 5. The number of hydrogen-bond acceptors (Lipinski definition) is 14. The number of fused-ring (bicyclic) bond motifs is 13. The number of ether oxygens (including phenoxy) is 4. The van der Waals surface area contributed by atoms with Crippen LogP contribution in [0.2, 0.25) is 0 Å². The normalized spacial score (nSPS) is 20.9. The van der Waals surface area contributed by atoms with Crippen molar-refractivity contribution in [2.45, 2.75) is 153 Å². The van der Waals surface area contributed by atoms with Gasteiger partial charge in [0.05, 0.1) is 60.3 Å². The quantitative estimate of drug-likeness (QED) is 0.0446. The molecule has 0 aromatic carbocycles. The van der Waals surface area contributed by atoms with Crippen LogP contribution in [0, 0.1) is 31.6 Å². The molecule has 1 fully saturated rings. The third-order valence-electron chi connectivity index (χ3n) is 20.6. The van der Waals surface area contributed by atoms with Gasteiger partial charge in [-0.05, 0) is 165 Å². The van der Waals surface area contributed by atoms with Crippen molar-refractivity contribution in [1.82, 2.24) is 15.3 Å². The molecular formula is C80H88MgN8O10+2. The van der Waals surface area contributed by atoms with Gasteiger partial charge in [-0.3, -0.25) is 24.0 Å². The van der Waals surface area contributed by atoms with E-state index in [1.165, 1.54) is 14.2 Å². The summed E-state index contributed by atoms with van der Waals surface area (Å²) in [6.07, 6.45) is 16.2. The predicted molar refractivity (Wildman–Crippen MR) is 387 cm³/mol. The predicted octanol–water partition coefficient (Wildman–Crippen LogP) is 13.3. The standard InChI is InChI=1S/C40H44N4O5.C40H43N4O5.Mg/c2*1-10-24-20(5)27-16-29-22(7)26(12-13-33(45)49-15-14-19(3)4)37(43-29)35-36(40(47)48-9)39(46)34-23(8)30(44-38(34)35)18-32-25(11-2)21(6)28(42-32)17-31(24)41-27;/h10,14,16-18,22,26,36,43,46H,1,11-13,15H2,2-9H3;10,14,16-18,22,26,36H,1,11-13,15H2,2-9H3,(H-,41,42,43,44,46);/q;-1;+2/p+1. The Morgan fingerprint density at radius 1 is 0.677 bits per heavy atom. The van der Waals surface area contributed by atoms with Crippen LogP contribution >= 0.6 is 0 Å². The van der Waals surface area contributed by atoms with Crippen molar-refractivity contribution in [3.05, 3.63) is 203 Å². The maximum Gasteiger partial charge on any atom is 2.00 e. The Morgan fingerprint density at radius 2 is 1.29 bits per heavy atom. The Bertz CT molecular complexity index is 4730. The molecule has 4 N–H and O–H groups in total. The van der Waals surface area contributed by atoms with Crippen molar-refractivity contribution in [1.29, 1.82) is 0 Å². The number of aryl methyl sites for hydroxylation is 3. The molecule has 16 bridgehead atoms. The molecule has 9 aliphatic rings. The first-order valence-electron chi connectivity index (χ1n) is 33.8. The smallest absolute Gasteiger partial charge is 0.657 e. The van der Waals surface area contributed by atoms with Crippen LogP contribution < -0.4 is 25.3 Å². The summed E-state index contributed by atoms with van der Waals surface area (Å²) in [5.74, 6) is -5.10. The summed E-state index contributed by atoms with van der Waals surface area (Å²) in [6, 6.07) is 6.04. The summed E-state index contributed by atoms with van der Waals surface area (Å²) in [4.78, 5) is 99.3. The number of ketones is 1.